The number of fused-ring (bicyclic) bond motifs is 1. The Morgan fingerprint density at radius 3 is 2.62 bits per heavy atom. The van der Waals surface area contributed by atoms with Gasteiger partial charge in [0, 0.05) is 36.2 Å². The number of amides is 2. The van der Waals surface area contributed by atoms with E-state index in [1.807, 2.05) is 36.0 Å². The first-order valence-corrected chi connectivity index (χ1v) is 13.3. The maximum Gasteiger partial charge on any atom is 0.490 e. The van der Waals surface area contributed by atoms with Crippen molar-refractivity contribution >= 4 is 63.4 Å². The molecule has 39 heavy (non-hydrogen) atoms. The fourth-order valence-corrected chi connectivity index (χ4v) is 5.51. The zero-order valence-corrected chi connectivity index (χ0v) is 23.1. The van der Waals surface area contributed by atoms with Gasteiger partial charge in [-0.1, -0.05) is 23.2 Å². The van der Waals surface area contributed by atoms with Crippen molar-refractivity contribution in [3.63, 3.8) is 0 Å². The smallest absolute Gasteiger partial charge is 0.475 e. The van der Waals surface area contributed by atoms with Gasteiger partial charge in [0.05, 0.1) is 11.1 Å². The van der Waals surface area contributed by atoms with Crippen LogP contribution in [0.15, 0.2) is 30.6 Å². The monoisotopic (exact) mass is 607 g/mol. The lowest BCUT2D eigenvalue weighted by molar-refractivity contribution is -0.192. The van der Waals surface area contributed by atoms with Crippen molar-refractivity contribution in [2.24, 2.45) is 13.0 Å². The molecule has 3 atom stereocenters. The summed E-state index contributed by atoms with van der Waals surface area (Å²) in [4.78, 5) is 39.6. The Bertz CT molecular complexity index is 1330. The van der Waals surface area contributed by atoms with Crippen LogP contribution in [0.2, 0.25) is 9.36 Å². The molecule has 0 spiro atoms. The zero-order chi connectivity index (χ0) is 28.9. The molecule has 212 valence electrons. The highest BCUT2D eigenvalue weighted by Gasteiger charge is 2.38. The standard InChI is InChI=1S/C22H25Cl2N5O2S.C2HF3O2/c1-12(21(30)27-11-14-5-15-3-4-29(2)20(15)26-10-14)28-22(31)18-7-13(9-25-18)6-16-8-17(23)19(24)32-16;3-2(4,5)1(6)7/h3-5,8,10,12-13,18,25H,6-7,9,11H2,1-2H3,(H,27,30)(H,28,31);(H,6,7)/t12?,13-,18+;/m0./s1. The summed E-state index contributed by atoms with van der Waals surface area (Å²) < 4.78 is 34.3. The van der Waals surface area contributed by atoms with E-state index < -0.39 is 18.2 Å². The van der Waals surface area contributed by atoms with Crippen LogP contribution in [0, 0.1) is 5.92 Å². The van der Waals surface area contributed by atoms with E-state index in [0.717, 1.165) is 34.4 Å². The van der Waals surface area contributed by atoms with E-state index in [2.05, 4.69) is 20.9 Å². The number of carboxylic acids is 1. The van der Waals surface area contributed by atoms with Crippen molar-refractivity contribution in [3.8, 4) is 0 Å². The molecule has 4 rings (SSSR count). The number of carbonyl (C=O) groups excluding carboxylic acids is 2. The van der Waals surface area contributed by atoms with Crippen LogP contribution >= 0.6 is 34.5 Å². The van der Waals surface area contributed by atoms with Crippen LogP contribution < -0.4 is 16.0 Å². The lowest BCUT2D eigenvalue weighted by Crippen LogP contribution is -2.49. The number of thiophene rings is 1. The molecule has 4 heterocycles. The number of aromatic nitrogens is 2. The Morgan fingerprint density at radius 2 is 2.00 bits per heavy atom. The van der Waals surface area contributed by atoms with Crippen LogP contribution in [0.25, 0.3) is 11.0 Å². The molecule has 0 bridgehead atoms. The number of hydrogen-bond acceptors (Lipinski definition) is 6. The maximum atomic E-state index is 12.6. The first-order valence-electron chi connectivity index (χ1n) is 11.7. The molecule has 1 aliphatic rings. The van der Waals surface area contributed by atoms with E-state index >= 15 is 0 Å². The van der Waals surface area contributed by atoms with Crippen LogP contribution in [-0.2, 0) is 34.4 Å². The van der Waals surface area contributed by atoms with Gasteiger partial charge in [-0.05, 0) is 56.0 Å². The van der Waals surface area contributed by atoms with Crippen LogP contribution in [0.3, 0.4) is 0 Å². The summed E-state index contributed by atoms with van der Waals surface area (Å²) in [5.41, 5.74) is 1.80. The SMILES string of the molecule is CC(NC(=O)[C@H]1C[C@H](Cc2cc(Cl)c(Cl)s2)CN1)C(=O)NCc1cnc2c(ccn2C)c1.O=C(O)C(F)(F)F. The summed E-state index contributed by atoms with van der Waals surface area (Å²) >= 11 is 13.5. The molecular formula is C24H26Cl2F3N5O4S. The van der Waals surface area contributed by atoms with E-state index in [0.29, 0.717) is 28.2 Å². The van der Waals surface area contributed by atoms with Crippen LogP contribution in [0.4, 0.5) is 13.2 Å². The molecule has 3 aromatic rings. The van der Waals surface area contributed by atoms with Crippen LogP contribution in [0.1, 0.15) is 23.8 Å². The molecule has 1 unspecified atom stereocenters. The topological polar surface area (TPSA) is 125 Å². The molecule has 2 amide bonds. The molecule has 1 fully saturated rings. The van der Waals surface area contributed by atoms with Crippen molar-refractivity contribution in [1.82, 2.24) is 25.5 Å². The Labute approximate surface area is 235 Å². The van der Waals surface area contributed by atoms with Crippen molar-refractivity contribution in [1.29, 1.82) is 0 Å². The van der Waals surface area contributed by atoms with Gasteiger partial charge >= 0.3 is 12.1 Å². The van der Waals surface area contributed by atoms with E-state index in [1.165, 1.54) is 11.3 Å². The summed E-state index contributed by atoms with van der Waals surface area (Å²) in [5, 5.41) is 17.7. The molecular weight excluding hydrogens is 582 g/mol. The van der Waals surface area contributed by atoms with Gasteiger partial charge in [0.15, 0.2) is 0 Å². The third-order valence-corrected chi connectivity index (χ3v) is 7.84. The highest BCUT2D eigenvalue weighted by atomic mass is 35.5. The van der Waals surface area contributed by atoms with E-state index in [-0.39, 0.29) is 17.9 Å². The van der Waals surface area contributed by atoms with Crippen molar-refractivity contribution in [3.05, 3.63) is 50.4 Å². The average molecular weight is 608 g/mol. The third-order valence-electron chi connectivity index (χ3n) is 5.95. The number of pyridine rings is 1. The number of hydrogen-bond donors (Lipinski definition) is 4. The summed E-state index contributed by atoms with van der Waals surface area (Å²) in [5.74, 6) is -2.83. The van der Waals surface area contributed by atoms with Gasteiger partial charge < -0.3 is 25.6 Å². The van der Waals surface area contributed by atoms with Gasteiger partial charge in [-0.3, -0.25) is 9.59 Å². The fraction of sp³-hybridized carbons (Fsp3) is 0.417. The number of nitrogens with one attached hydrogen (secondary N) is 3. The summed E-state index contributed by atoms with van der Waals surface area (Å²) in [6.45, 7) is 2.78. The fourth-order valence-electron chi connectivity index (χ4n) is 3.96. The highest BCUT2D eigenvalue weighted by molar-refractivity contribution is 7.16. The second-order valence-corrected chi connectivity index (χ2v) is 11.2. The number of carbonyl (C=O) groups is 3. The number of alkyl halides is 3. The maximum absolute atomic E-state index is 12.6. The molecule has 0 saturated carbocycles. The number of rotatable bonds is 7. The first kappa shape index (κ1) is 30.7. The number of halogens is 5. The Hall–Kier alpha value is -2.87. The zero-order valence-electron chi connectivity index (χ0n) is 20.8. The molecule has 4 N–H and O–H groups in total. The second kappa shape index (κ2) is 13.0. The van der Waals surface area contributed by atoms with E-state index in [1.54, 1.807) is 13.1 Å². The lowest BCUT2D eigenvalue weighted by atomic mass is 10.0. The minimum atomic E-state index is -5.08. The van der Waals surface area contributed by atoms with Crippen molar-refractivity contribution in [2.75, 3.05) is 6.54 Å². The van der Waals surface area contributed by atoms with Crippen LogP contribution in [0.5, 0.6) is 0 Å². The molecule has 3 aromatic heterocycles. The Balaban J connectivity index is 0.000000532. The van der Waals surface area contributed by atoms with Gasteiger partial charge in [-0.2, -0.15) is 13.2 Å². The minimum absolute atomic E-state index is 0.162. The number of aliphatic carboxylic acids is 1. The predicted octanol–water partition coefficient (Wildman–Crippen LogP) is 3.92. The van der Waals surface area contributed by atoms with Crippen molar-refractivity contribution < 1.29 is 32.7 Å². The molecule has 0 aromatic carbocycles. The number of nitrogens with zero attached hydrogens (tertiary/aromatic N) is 2. The average Bonchev–Trinajstić information content (AvgIpc) is 3.56. The Kier molecular flexibility index (Phi) is 10.2. The number of aryl methyl sites for hydroxylation is 1. The van der Waals surface area contributed by atoms with Gasteiger partial charge in [-0.25, -0.2) is 9.78 Å². The molecule has 0 radical (unpaired) electrons. The van der Waals surface area contributed by atoms with Gasteiger partial charge in [-0.15, -0.1) is 11.3 Å². The van der Waals surface area contributed by atoms with Gasteiger partial charge in [0.1, 0.15) is 16.0 Å². The van der Waals surface area contributed by atoms with E-state index in [9.17, 15) is 22.8 Å². The Morgan fingerprint density at radius 1 is 1.31 bits per heavy atom. The molecule has 1 aliphatic heterocycles. The lowest BCUT2D eigenvalue weighted by Gasteiger charge is -2.17. The van der Waals surface area contributed by atoms with Crippen LogP contribution in [-0.4, -0.2) is 57.2 Å². The molecule has 9 nitrogen and oxygen atoms in total. The predicted molar refractivity (Wildman–Crippen MR) is 142 cm³/mol. The van der Waals surface area contributed by atoms with E-state index in [4.69, 9.17) is 33.1 Å². The second-order valence-electron chi connectivity index (χ2n) is 9.04. The molecule has 1 saturated heterocycles. The largest absolute Gasteiger partial charge is 0.490 e. The van der Waals surface area contributed by atoms with Crippen molar-refractivity contribution in [2.45, 2.75) is 44.6 Å². The molecule has 0 aliphatic carbocycles. The van der Waals surface area contributed by atoms with Gasteiger partial charge in [0.2, 0.25) is 11.8 Å². The first-order chi connectivity index (χ1) is 18.2. The highest BCUT2D eigenvalue weighted by Crippen LogP contribution is 2.34. The third kappa shape index (κ3) is 8.56. The number of carboxylic acid groups (broad SMARTS) is 1. The summed E-state index contributed by atoms with van der Waals surface area (Å²) in [6, 6.07) is 4.93. The molecule has 15 heteroatoms. The minimum Gasteiger partial charge on any atom is -0.475 e. The summed E-state index contributed by atoms with van der Waals surface area (Å²) in [7, 11) is 1.94. The quantitative estimate of drug-likeness (QED) is 0.323. The summed E-state index contributed by atoms with van der Waals surface area (Å²) in [6.07, 6.45) is 0.145. The normalized spacial score (nSPS) is 17.8. The van der Waals surface area contributed by atoms with Gasteiger partial charge in [0.25, 0.3) is 0 Å².